The standard InChI is InChI=1S/C20H27N5O3S/c1-4-25-17(12-18(26)21-16-10-14(2)9-15(3)11-16)22-23-20(25)29-13-19(27)24-5-7-28-8-6-24/h9-11H,4-8,12-13H2,1-3H3,(H,21,26). The molecule has 156 valence electrons. The molecule has 1 N–H and O–H groups in total. The zero-order valence-electron chi connectivity index (χ0n) is 17.1. The number of nitrogens with zero attached hydrogens (tertiary/aromatic N) is 4. The van der Waals surface area contributed by atoms with E-state index in [1.807, 2.05) is 37.5 Å². The van der Waals surface area contributed by atoms with Crippen LogP contribution in [0.3, 0.4) is 0 Å². The molecule has 1 aliphatic rings. The van der Waals surface area contributed by atoms with Crippen LogP contribution in [-0.4, -0.2) is 63.5 Å². The maximum Gasteiger partial charge on any atom is 0.233 e. The number of rotatable bonds is 7. The number of carbonyl (C=O) groups is 2. The average Bonchev–Trinajstić information content (AvgIpc) is 3.07. The normalized spacial score (nSPS) is 14.1. The third-order valence-electron chi connectivity index (χ3n) is 4.62. The number of thioether (sulfide) groups is 1. The smallest absolute Gasteiger partial charge is 0.233 e. The molecule has 1 saturated heterocycles. The Kier molecular flexibility index (Phi) is 7.27. The molecule has 3 rings (SSSR count). The van der Waals surface area contributed by atoms with Crippen molar-refractivity contribution in [1.82, 2.24) is 19.7 Å². The van der Waals surface area contributed by atoms with Gasteiger partial charge in [-0.15, -0.1) is 10.2 Å². The van der Waals surface area contributed by atoms with Crippen molar-refractivity contribution < 1.29 is 14.3 Å². The third kappa shape index (κ3) is 5.80. The Morgan fingerprint density at radius 1 is 1.14 bits per heavy atom. The fourth-order valence-corrected chi connectivity index (χ4v) is 4.22. The topological polar surface area (TPSA) is 89.3 Å². The van der Waals surface area contributed by atoms with Crippen LogP contribution in [0.2, 0.25) is 0 Å². The fraction of sp³-hybridized carbons (Fsp3) is 0.500. The summed E-state index contributed by atoms with van der Waals surface area (Å²) in [5.74, 6) is 0.819. The van der Waals surface area contributed by atoms with E-state index in [0.29, 0.717) is 49.6 Å². The van der Waals surface area contributed by atoms with Crippen LogP contribution in [-0.2, 0) is 27.3 Å². The molecule has 1 aliphatic heterocycles. The molecular formula is C20H27N5O3S. The highest BCUT2D eigenvalue weighted by atomic mass is 32.2. The van der Waals surface area contributed by atoms with E-state index in [0.717, 1.165) is 16.8 Å². The molecule has 0 bridgehead atoms. The summed E-state index contributed by atoms with van der Waals surface area (Å²) in [7, 11) is 0. The van der Waals surface area contributed by atoms with E-state index in [1.165, 1.54) is 11.8 Å². The molecule has 0 spiro atoms. The maximum atomic E-state index is 12.5. The maximum absolute atomic E-state index is 12.5. The molecule has 2 aromatic rings. The Labute approximate surface area is 175 Å². The second-order valence-electron chi connectivity index (χ2n) is 7.03. The molecule has 0 unspecified atom stereocenters. The van der Waals surface area contributed by atoms with Crippen LogP contribution in [0.1, 0.15) is 23.9 Å². The van der Waals surface area contributed by atoms with Crippen LogP contribution in [0.5, 0.6) is 0 Å². The number of nitrogens with one attached hydrogen (secondary N) is 1. The van der Waals surface area contributed by atoms with Gasteiger partial charge in [-0.2, -0.15) is 0 Å². The first-order chi connectivity index (χ1) is 14.0. The Balaban J connectivity index is 1.59. The number of anilines is 1. The molecule has 1 aromatic heterocycles. The summed E-state index contributed by atoms with van der Waals surface area (Å²) in [6, 6.07) is 5.94. The summed E-state index contributed by atoms with van der Waals surface area (Å²) in [5, 5.41) is 12.0. The van der Waals surface area contributed by atoms with Gasteiger partial charge in [-0.25, -0.2) is 0 Å². The number of ether oxygens (including phenoxy) is 1. The van der Waals surface area contributed by atoms with Crippen LogP contribution in [0.15, 0.2) is 23.4 Å². The Bertz CT molecular complexity index is 857. The minimum atomic E-state index is -0.141. The first kappa shape index (κ1) is 21.3. The Morgan fingerprint density at radius 2 is 1.83 bits per heavy atom. The highest BCUT2D eigenvalue weighted by molar-refractivity contribution is 7.99. The number of aromatic nitrogens is 3. The lowest BCUT2D eigenvalue weighted by Gasteiger charge is -2.26. The number of morpholine rings is 1. The largest absolute Gasteiger partial charge is 0.378 e. The highest BCUT2D eigenvalue weighted by Crippen LogP contribution is 2.19. The summed E-state index contributed by atoms with van der Waals surface area (Å²) in [5.41, 5.74) is 2.97. The second kappa shape index (κ2) is 9.89. The van der Waals surface area contributed by atoms with E-state index in [-0.39, 0.29) is 18.2 Å². The summed E-state index contributed by atoms with van der Waals surface area (Å²) in [6.07, 6.45) is 0.131. The van der Waals surface area contributed by atoms with Crippen molar-refractivity contribution in [2.24, 2.45) is 0 Å². The molecule has 2 amide bonds. The molecule has 0 aliphatic carbocycles. The van der Waals surface area contributed by atoms with E-state index in [4.69, 9.17) is 4.74 Å². The monoisotopic (exact) mass is 417 g/mol. The lowest BCUT2D eigenvalue weighted by Crippen LogP contribution is -2.41. The zero-order valence-corrected chi connectivity index (χ0v) is 17.9. The SMILES string of the molecule is CCn1c(CC(=O)Nc2cc(C)cc(C)c2)nnc1SCC(=O)N1CCOCC1. The quantitative estimate of drug-likeness (QED) is 0.694. The molecule has 1 aromatic carbocycles. The van der Waals surface area contributed by atoms with Gasteiger partial charge >= 0.3 is 0 Å². The molecule has 0 saturated carbocycles. The van der Waals surface area contributed by atoms with Crippen molar-refractivity contribution in [1.29, 1.82) is 0 Å². The summed E-state index contributed by atoms with van der Waals surface area (Å²) >= 11 is 1.35. The highest BCUT2D eigenvalue weighted by Gasteiger charge is 2.20. The molecule has 9 heteroatoms. The Hall–Kier alpha value is -2.39. The lowest BCUT2D eigenvalue weighted by atomic mass is 10.1. The van der Waals surface area contributed by atoms with Gasteiger partial charge < -0.3 is 19.5 Å². The van der Waals surface area contributed by atoms with Gasteiger partial charge in [-0.1, -0.05) is 17.8 Å². The van der Waals surface area contributed by atoms with Gasteiger partial charge in [0.15, 0.2) is 5.16 Å². The first-order valence-electron chi connectivity index (χ1n) is 9.74. The van der Waals surface area contributed by atoms with Crippen LogP contribution in [0.4, 0.5) is 5.69 Å². The van der Waals surface area contributed by atoms with E-state index >= 15 is 0 Å². The van der Waals surface area contributed by atoms with E-state index < -0.39 is 0 Å². The van der Waals surface area contributed by atoms with E-state index in [9.17, 15) is 9.59 Å². The minimum absolute atomic E-state index is 0.0677. The van der Waals surface area contributed by atoms with Gasteiger partial charge in [0.1, 0.15) is 5.82 Å². The second-order valence-corrected chi connectivity index (χ2v) is 7.97. The molecule has 2 heterocycles. The molecule has 8 nitrogen and oxygen atoms in total. The van der Waals surface area contributed by atoms with Crippen LogP contribution >= 0.6 is 11.8 Å². The van der Waals surface area contributed by atoms with Crippen molar-refractivity contribution >= 4 is 29.3 Å². The van der Waals surface area contributed by atoms with Crippen molar-refractivity contribution in [3.05, 3.63) is 35.2 Å². The van der Waals surface area contributed by atoms with E-state index in [2.05, 4.69) is 21.6 Å². The van der Waals surface area contributed by atoms with Crippen molar-refractivity contribution in [3.63, 3.8) is 0 Å². The molecule has 29 heavy (non-hydrogen) atoms. The van der Waals surface area contributed by atoms with Crippen LogP contribution in [0, 0.1) is 13.8 Å². The molecule has 0 radical (unpaired) electrons. The average molecular weight is 418 g/mol. The number of benzene rings is 1. The van der Waals surface area contributed by atoms with Crippen molar-refractivity contribution in [2.75, 3.05) is 37.4 Å². The van der Waals surface area contributed by atoms with Gasteiger partial charge in [-0.05, 0) is 44.0 Å². The van der Waals surface area contributed by atoms with Gasteiger partial charge in [0.05, 0.1) is 25.4 Å². The third-order valence-corrected chi connectivity index (χ3v) is 5.57. The summed E-state index contributed by atoms with van der Waals surface area (Å²) in [4.78, 5) is 26.6. The van der Waals surface area contributed by atoms with Crippen molar-refractivity contribution in [3.8, 4) is 0 Å². The number of aryl methyl sites for hydroxylation is 2. The first-order valence-corrected chi connectivity index (χ1v) is 10.7. The minimum Gasteiger partial charge on any atom is -0.378 e. The lowest BCUT2D eigenvalue weighted by molar-refractivity contribution is -0.132. The number of amides is 2. The van der Waals surface area contributed by atoms with Gasteiger partial charge in [-0.3, -0.25) is 9.59 Å². The number of hydrogen-bond donors (Lipinski definition) is 1. The fourth-order valence-electron chi connectivity index (χ4n) is 3.30. The molecule has 0 atom stereocenters. The van der Waals surface area contributed by atoms with Gasteiger partial charge in [0.2, 0.25) is 11.8 Å². The van der Waals surface area contributed by atoms with Crippen molar-refractivity contribution in [2.45, 2.75) is 38.9 Å². The van der Waals surface area contributed by atoms with E-state index in [1.54, 1.807) is 4.90 Å². The van der Waals surface area contributed by atoms with Gasteiger partial charge in [0.25, 0.3) is 0 Å². The molecule has 1 fully saturated rings. The predicted molar refractivity (Wildman–Crippen MR) is 112 cm³/mol. The number of hydrogen-bond acceptors (Lipinski definition) is 6. The van der Waals surface area contributed by atoms with Crippen LogP contribution < -0.4 is 5.32 Å². The number of carbonyl (C=O) groups excluding carboxylic acids is 2. The summed E-state index contributed by atoms with van der Waals surface area (Å²) < 4.78 is 7.17. The summed E-state index contributed by atoms with van der Waals surface area (Å²) in [6.45, 7) is 9.03. The zero-order chi connectivity index (χ0) is 20.8. The Morgan fingerprint density at radius 3 is 2.48 bits per heavy atom. The van der Waals surface area contributed by atoms with Gasteiger partial charge in [0, 0.05) is 25.3 Å². The molecular weight excluding hydrogens is 390 g/mol. The predicted octanol–water partition coefficient (Wildman–Crippen LogP) is 2.05. The van der Waals surface area contributed by atoms with Crippen LogP contribution in [0.25, 0.3) is 0 Å².